The van der Waals surface area contributed by atoms with Gasteiger partial charge in [-0.15, -0.1) is 10.2 Å². The van der Waals surface area contributed by atoms with Crippen molar-refractivity contribution >= 4 is 34.9 Å². The molecule has 146 valence electrons. The molecule has 7 heteroatoms. The van der Waals surface area contributed by atoms with Gasteiger partial charge in [0.05, 0.1) is 0 Å². The molecule has 0 saturated heterocycles. The predicted molar refractivity (Wildman–Crippen MR) is 115 cm³/mol. The first-order valence-corrected chi connectivity index (χ1v) is 12.1. The van der Waals surface area contributed by atoms with Gasteiger partial charge >= 0.3 is 0 Å². The van der Waals surface area contributed by atoms with Crippen LogP contribution < -0.4 is 0 Å². The standard InChI is InChI=1S/C18H36N4S3/c1-13(2)21(14(3)4)9-11-23-17-19-20-18(25-17)24-12-10-22(15(5)6)16(7)8/h13-16H,9-12H2,1-8H3. The molecular formula is C18H36N4S3. The van der Waals surface area contributed by atoms with Gasteiger partial charge in [0.25, 0.3) is 0 Å². The van der Waals surface area contributed by atoms with E-state index in [1.807, 2.05) is 23.5 Å². The zero-order valence-corrected chi connectivity index (χ0v) is 19.6. The Morgan fingerprint density at radius 2 is 1.00 bits per heavy atom. The van der Waals surface area contributed by atoms with E-state index >= 15 is 0 Å². The lowest BCUT2D eigenvalue weighted by atomic mass is 10.2. The summed E-state index contributed by atoms with van der Waals surface area (Å²) in [6.07, 6.45) is 0. The van der Waals surface area contributed by atoms with Crippen molar-refractivity contribution in [1.82, 2.24) is 20.0 Å². The fourth-order valence-corrected chi connectivity index (χ4v) is 6.08. The molecule has 4 nitrogen and oxygen atoms in total. The van der Waals surface area contributed by atoms with Crippen molar-refractivity contribution in [3.63, 3.8) is 0 Å². The third-order valence-electron chi connectivity index (χ3n) is 4.19. The summed E-state index contributed by atoms with van der Waals surface area (Å²) in [5.41, 5.74) is 0. The van der Waals surface area contributed by atoms with E-state index < -0.39 is 0 Å². The fourth-order valence-electron chi connectivity index (χ4n) is 3.02. The van der Waals surface area contributed by atoms with Crippen molar-refractivity contribution in [3.8, 4) is 0 Å². The van der Waals surface area contributed by atoms with Gasteiger partial charge in [0.1, 0.15) is 0 Å². The first-order valence-electron chi connectivity index (χ1n) is 9.33. The van der Waals surface area contributed by atoms with Gasteiger partial charge in [-0.1, -0.05) is 34.9 Å². The van der Waals surface area contributed by atoms with E-state index in [1.54, 1.807) is 11.3 Å². The molecule has 0 unspecified atom stereocenters. The Hall–Kier alpha value is 0.180. The molecule has 0 aliphatic carbocycles. The molecule has 0 aliphatic rings. The van der Waals surface area contributed by atoms with E-state index in [4.69, 9.17) is 0 Å². The fraction of sp³-hybridized carbons (Fsp3) is 0.889. The second-order valence-electron chi connectivity index (χ2n) is 7.38. The molecule has 0 fully saturated rings. The number of aromatic nitrogens is 2. The highest BCUT2D eigenvalue weighted by atomic mass is 32.2. The Bertz CT molecular complexity index is 418. The Balaban J connectivity index is 2.36. The predicted octanol–water partition coefficient (Wildman–Crippen LogP) is 4.96. The van der Waals surface area contributed by atoms with E-state index in [9.17, 15) is 0 Å². The Morgan fingerprint density at radius 1 is 0.680 bits per heavy atom. The highest BCUT2D eigenvalue weighted by molar-refractivity contribution is 8.03. The summed E-state index contributed by atoms with van der Waals surface area (Å²) in [5.74, 6) is 2.15. The minimum atomic E-state index is 0.589. The molecule has 1 heterocycles. The van der Waals surface area contributed by atoms with Gasteiger partial charge in [-0.25, -0.2) is 0 Å². The van der Waals surface area contributed by atoms with E-state index in [-0.39, 0.29) is 0 Å². The van der Waals surface area contributed by atoms with Crippen LogP contribution in [-0.4, -0.2) is 68.8 Å². The SMILES string of the molecule is CC(C)N(CCSc1nnc(SCCN(C(C)C)C(C)C)s1)C(C)C. The number of nitrogens with zero attached hydrogens (tertiary/aromatic N) is 4. The molecule has 0 radical (unpaired) electrons. The lowest BCUT2D eigenvalue weighted by Gasteiger charge is -2.30. The molecule has 25 heavy (non-hydrogen) atoms. The van der Waals surface area contributed by atoms with E-state index in [0.29, 0.717) is 24.2 Å². The molecule has 0 aromatic carbocycles. The van der Waals surface area contributed by atoms with Gasteiger partial charge < -0.3 is 0 Å². The van der Waals surface area contributed by atoms with Crippen LogP contribution in [0.5, 0.6) is 0 Å². The van der Waals surface area contributed by atoms with E-state index in [0.717, 1.165) is 33.3 Å². The largest absolute Gasteiger partial charge is 0.298 e. The van der Waals surface area contributed by atoms with Crippen molar-refractivity contribution in [3.05, 3.63) is 0 Å². The summed E-state index contributed by atoms with van der Waals surface area (Å²) in [7, 11) is 0. The highest BCUT2D eigenvalue weighted by Crippen LogP contribution is 2.29. The maximum absolute atomic E-state index is 4.35. The van der Waals surface area contributed by atoms with Crippen molar-refractivity contribution < 1.29 is 0 Å². The lowest BCUT2D eigenvalue weighted by molar-refractivity contribution is 0.187. The van der Waals surface area contributed by atoms with Crippen molar-refractivity contribution in [2.45, 2.75) is 88.2 Å². The van der Waals surface area contributed by atoms with Crippen LogP contribution >= 0.6 is 34.9 Å². The number of rotatable bonds is 12. The zero-order chi connectivity index (χ0) is 19.0. The Morgan fingerprint density at radius 3 is 1.28 bits per heavy atom. The molecule has 1 rings (SSSR count). The molecule has 0 amide bonds. The van der Waals surface area contributed by atoms with Gasteiger partial charge in [-0.05, 0) is 55.4 Å². The third kappa shape index (κ3) is 8.61. The van der Waals surface area contributed by atoms with Crippen LogP contribution in [0.25, 0.3) is 0 Å². The normalized spacial score (nSPS) is 12.7. The van der Waals surface area contributed by atoms with E-state index in [1.165, 1.54) is 0 Å². The quantitative estimate of drug-likeness (QED) is 0.458. The average Bonchev–Trinajstić information content (AvgIpc) is 2.94. The molecule has 1 aromatic heterocycles. The summed E-state index contributed by atoms with van der Waals surface area (Å²) in [6.45, 7) is 20.3. The summed E-state index contributed by atoms with van der Waals surface area (Å²) in [6, 6.07) is 2.36. The topological polar surface area (TPSA) is 32.3 Å². The maximum Gasteiger partial charge on any atom is 0.175 e. The Labute approximate surface area is 167 Å². The van der Waals surface area contributed by atoms with Crippen LogP contribution in [0.1, 0.15) is 55.4 Å². The van der Waals surface area contributed by atoms with Crippen LogP contribution in [0.4, 0.5) is 0 Å². The second kappa shape index (κ2) is 11.8. The minimum absolute atomic E-state index is 0.589. The van der Waals surface area contributed by atoms with E-state index in [2.05, 4.69) is 75.4 Å². The van der Waals surface area contributed by atoms with Gasteiger partial charge in [-0.3, -0.25) is 9.80 Å². The summed E-state index contributed by atoms with van der Waals surface area (Å²) < 4.78 is 2.19. The van der Waals surface area contributed by atoms with Gasteiger partial charge in [-0.2, -0.15) is 0 Å². The van der Waals surface area contributed by atoms with Crippen LogP contribution in [0.3, 0.4) is 0 Å². The molecule has 1 aromatic rings. The Kier molecular flexibility index (Phi) is 11.0. The van der Waals surface area contributed by atoms with Gasteiger partial charge in [0.15, 0.2) is 8.68 Å². The molecular weight excluding hydrogens is 368 g/mol. The minimum Gasteiger partial charge on any atom is -0.298 e. The molecule has 0 aliphatic heterocycles. The van der Waals surface area contributed by atoms with Crippen molar-refractivity contribution in [2.75, 3.05) is 24.6 Å². The van der Waals surface area contributed by atoms with Crippen LogP contribution in [0, 0.1) is 0 Å². The molecule has 0 saturated carbocycles. The molecule has 0 spiro atoms. The van der Waals surface area contributed by atoms with Gasteiger partial charge in [0.2, 0.25) is 0 Å². The average molecular weight is 405 g/mol. The maximum atomic E-state index is 4.35. The van der Waals surface area contributed by atoms with Crippen molar-refractivity contribution in [1.29, 1.82) is 0 Å². The molecule has 0 N–H and O–H groups in total. The highest BCUT2D eigenvalue weighted by Gasteiger charge is 2.15. The number of thioether (sulfide) groups is 2. The number of hydrogen-bond acceptors (Lipinski definition) is 7. The van der Waals surface area contributed by atoms with Crippen LogP contribution in [0.15, 0.2) is 8.68 Å². The molecule has 0 atom stereocenters. The second-order valence-corrected chi connectivity index (χ2v) is 11.0. The summed E-state index contributed by atoms with van der Waals surface area (Å²) in [5, 5.41) is 8.70. The lowest BCUT2D eigenvalue weighted by Crippen LogP contribution is -2.38. The third-order valence-corrected chi connectivity index (χ3v) is 7.34. The van der Waals surface area contributed by atoms with Crippen LogP contribution in [0.2, 0.25) is 0 Å². The zero-order valence-electron chi connectivity index (χ0n) is 17.2. The smallest absolute Gasteiger partial charge is 0.175 e. The summed E-state index contributed by atoms with van der Waals surface area (Å²) in [4.78, 5) is 5.05. The molecule has 0 bridgehead atoms. The summed E-state index contributed by atoms with van der Waals surface area (Å²) >= 11 is 5.40. The van der Waals surface area contributed by atoms with Crippen LogP contribution in [-0.2, 0) is 0 Å². The first-order chi connectivity index (χ1) is 11.7. The number of hydrogen-bond donors (Lipinski definition) is 0. The van der Waals surface area contributed by atoms with Crippen molar-refractivity contribution in [2.24, 2.45) is 0 Å². The monoisotopic (exact) mass is 404 g/mol. The van der Waals surface area contributed by atoms with Gasteiger partial charge in [0, 0.05) is 48.8 Å². The first kappa shape index (κ1) is 23.2.